The zero-order chi connectivity index (χ0) is 27.6. The molecule has 0 spiro atoms. The number of rotatable bonds is 3. The molecular weight excluding hydrogens is 510 g/mol. The molecule has 0 unspecified atom stereocenters. The molecule has 0 bridgehead atoms. The number of hydrogen-bond acceptors (Lipinski definition) is 1. The highest BCUT2D eigenvalue weighted by Gasteiger charge is 2.18. The van der Waals surface area contributed by atoms with Gasteiger partial charge < -0.3 is 4.57 Å². The summed E-state index contributed by atoms with van der Waals surface area (Å²) in [5, 5.41) is 7.37. The largest absolute Gasteiger partial charge is 0.309 e. The molecule has 9 aromatic rings. The van der Waals surface area contributed by atoms with Crippen LogP contribution in [0.25, 0.3) is 77.0 Å². The van der Waals surface area contributed by atoms with Crippen molar-refractivity contribution < 1.29 is 0 Å². The van der Waals surface area contributed by atoms with Gasteiger partial charge in [-0.05, 0) is 76.5 Å². The minimum Gasteiger partial charge on any atom is -0.309 e. The Morgan fingerprint density at radius 1 is 0.429 bits per heavy atom. The van der Waals surface area contributed by atoms with Crippen molar-refractivity contribution in [1.82, 2.24) is 14.1 Å². The van der Waals surface area contributed by atoms with Crippen LogP contribution in [0.5, 0.6) is 0 Å². The average molecular weight is 536 g/mol. The number of aromatic nitrogens is 3. The fraction of sp³-hybridized carbons (Fsp3) is 0. The maximum atomic E-state index is 4.81. The Morgan fingerprint density at radius 2 is 1.21 bits per heavy atom. The summed E-state index contributed by atoms with van der Waals surface area (Å²) in [4.78, 5) is 4.81. The molecule has 0 aliphatic rings. The minimum absolute atomic E-state index is 0.974. The second kappa shape index (κ2) is 8.92. The van der Waals surface area contributed by atoms with Gasteiger partial charge in [-0.1, -0.05) is 91.0 Å². The van der Waals surface area contributed by atoms with Crippen LogP contribution in [0, 0.1) is 0 Å². The molecule has 6 aromatic carbocycles. The van der Waals surface area contributed by atoms with Crippen LogP contribution in [0.15, 0.2) is 152 Å². The van der Waals surface area contributed by atoms with E-state index in [0.717, 1.165) is 22.2 Å². The Bertz CT molecular complexity index is 2460. The fourth-order valence-corrected chi connectivity index (χ4v) is 6.70. The SMILES string of the molecule is c1ccc(-n2c3cc(-c4cccc5c4c4ccccc4n5-c4ccc5ccccc5c4)ccc3c3cccnc32)cc1. The number of nitrogens with zero attached hydrogens (tertiary/aromatic N) is 3. The summed E-state index contributed by atoms with van der Waals surface area (Å²) in [6, 6.07) is 52.4. The highest BCUT2D eigenvalue weighted by molar-refractivity contribution is 6.17. The number of fused-ring (bicyclic) bond motifs is 7. The smallest absolute Gasteiger partial charge is 0.145 e. The van der Waals surface area contributed by atoms with Crippen molar-refractivity contribution in [2.75, 3.05) is 0 Å². The zero-order valence-electron chi connectivity index (χ0n) is 22.8. The van der Waals surface area contributed by atoms with Gasteiger partial charge in [0, 0.05) is 39.1 Å². The maximum absolute atomic E-state index is 4.81. The van der Waals surface area contributed by atoms with Crippen molar-refractivity contribution in [3.8, 4) is 22.5 Å². The molecule has 42 heavy (non-hydrogen) atoms. The lowest BCUT2D eigenvalue weighted by atomic mass is 9.98. The highest BCUT2D eigenvalue weighted by Crippen LogP contribution is 2.40. The van der Waals surface area contributed by atoms with Crippen molar-refractivity contribution in [3.63, 3.8) is 0 Å². The molecule has 3 nitrogen and oxygen atoms in total. The van der Waals surface area contributed by atoms with Gasteiger partial charge in [0.1, 0.15) is 5.65 Å². The first-order valence-corrected chi connectivity index (χ1v) is 14.3. The lowest BCUT2D eigenvalue weighted by Crippen LogP contribution is -1.95. The van der Waals surface area contributed by atoms with Crippen LogP contribution in [0.4, 0.5) is 0 Å². The van der Waals surface area contributed by atoms with E-state index < -0.39 is 0 Å². The molecule has 0 saturated carbocycles. The van der Waals surface area contributed by atoms with Crippen LogP contribution in [0.3, 0.4) is 0 Å². The van der Waals surface area contributed by atoms with E-state index >= 15 is 0 Å². The first-order chi connectivity index (χ1) is 20.8. The normalized spacial score (nSPS) is 11.8. The third-order valence-corrected chi connectivity index (χ3v) is 8.54. The van der Waals surface area contributed by atoms with Crippen molar-refractivity contribution >= 4 is 54.5 Å². The molecular formula is C39H25N3. The molecule has 0 fully saturated rings. The predicted octanol–water partition coefficient (Wildman–Crippen LogP) is 10.1. The molecule has 0 N–H and O–H groups in total. The number of pyridine rings is 1. The van der Waals surface area contributed by atoms with Crippen LogP contribution in [-0.4, -0.2) is 14.1 Å². The van der Waals surface area contributed by atoms with Crippen LogP contribution >= 0.6 is 0 Å². The highest BCUT2D eigenvalue weighted by atomic mass is 15.0. The topological polar surface area (TPSA) is 22.8 Å². The van der Waals surface area contributed by atoms with Gasteiger partial charge in [0.2, 0.25) is 0 Å². The monoisotopic (exact) mass is 535 g/mol. The van der Waals surface area contributed by atoms with Crippen LogP contribution in [-0.2, 0) is 0 Å². The average Bonchev–Trinajstić information content (AvgIpc) is 3.57. The van der Waals surface area contributed by atoms with Crippen molar-refractivity contribution in [2.45, 2.75) is 0 Å². The van der Waals surface area contributed by atoms with Gasteiger partial charge >= 0.3 is 0 Å². The van der Waals surface area contributed by atoms with Crippen LogP contribution in [0.2, 0.25) is 0 Å². The Hall–Kier alpha value is -5.67. The molecule has 3 heteroatoms. The molecule has 3 aromatic heterocycles. The van der Waals surface area contributed by atoms with Gasteiger partial charge in [0.25, 0.3) is 0 Å². The number of benzene rings is 6. The third kappa shape index (κ3) is 3.31. The van der Waals surface area contributed by atoms with Crippen molar-refractivity contribution in [2.24, 2.45) is 0 Å². The lowest BCUT2D eigenvalue weighted by Gasteiger charge is -2.11. The van der Waals surface area contributed by atoms with E-state index in [1.807, 2.05) is 12.3 Å². The lowest BCUT2D eigenvalue weighted by molar-refractivity contribution is 1.14. The molecule has 196 valence electrons. The Kier molecular flexibility index (Phi) is 4.90. The second-order valence-electron chi connectivity index (χ2n) is 10.9. The zero-order valence-corrected chi connectivity index (χ0v) is 22.8. The quantitative estimate of drug-likeness (QED) is 0.221. The molecule has 0 atom stereocenters. The number of para-hydroxylation sites is 2. The molecule has 0 radical (unpaired) electrons. The first kappa shape index (κ1) is 23.1. The maximum Gasteiger partial charge on any atom is 0.145 e. The Balaban J connectivity index is 1.34. The third-order valence-electron chi connectivity index (χ3n) is 8.54. The fourth-order valence-electron chi connectivity index (χ4n) is 6.70. The van der Waals surface area contributed by atoms with Gasteiger partial charge in [-0.2, -0.15) is 0 Å². The Labute approximate surface area is 242 Å². The molecule has 0 aliphatic heterocycles. The standard InChI is InChI=1S/C39H25N3/c1-2-12-29(13-3-1)42-37-25-28(20-22-32(37)33-16-9-23-40-39(33)42)31-15-8-18-36-38(31)34-14-6-7-17-35(34)41(36)30-21-19-26-10-4-5-11-27(26)24-30/h1-25H. The van der Waals surface area contributed by atoms with Gasteiger partial charge in [0.15, 0.2) is 0 Å². The molecule has 9 rings (SSSR count). The van der Waals surface area contributed by atoms with E-state index in [1.54, 1.807) is 0 Å². The van der Waals surface area contributed by atoms with Gasteiger partial charge in [-0.25, -0.2) is 4.98 Å². The number of hydrogen-bond donors (Lipinski definition) is 0. The second-order valence-corrected chi connectivity index (χ2v) is 10.9. The summed E-state index contributed by atoms with van der Waals surface area (Å²) in [5.41, 5.74) is 9.23. The molecule has 0 amide bonds. The van der Waals surface area contributed by atoms with E-state index in [-0.39, 0.29) is 0 Å². The summed E-state index contributed by atoms with van der Waals surface area (Å²) in [6.45, 7) is 0. The van der Waals surface area contributed by atoms with E-state index in [0.29, 0.717) is 0 Å². The van der Waals surface area contributed by atoms with Crippen molar-refractivity contribution in [3.05, 3.63) is 152 Å². The van der Waals surface area contributed by atoms with Crippen molar-refractivity contribution in [1.29, 1.82) is 0 Å². The first-order valence-electron chi connectivity index (χ1n) is 14.3. The summed E-state index contributed by atoms with van der Waals surface area (Å²) in [7, 11) is 0. The van der Waals surface area contributed by atoms with Crippen LogP contribution in [0.1, 0.15) is 0 Å². The predicted molar refractivity (Wildman–Crippen MR) is 176 cm³/mol. The molecule has 0 saturated heterocycles. The van der Waals surface area contributed by atoms with E-state index in [2.05, 4.69) is 149 Å². The van der Waals surface area contributed by atoms with E-state index in [9.17, 15) is 0 Å². The summed E-state index contributed by atoms with van der Waals surface area (Å²) in [5.74, 6) is 0. The van der Waals surface area contributed by atoms with Gasteiger partial charge in [-0.15, -0.1) is 0 Å². The summed E-state index contributed by atoms with van der Waals surface area (Å²) < 4.78 is 4.69. The summed E-state index contributed by atoms with van der Waals surface area (Å²) in [6.07, 6.45) is 1.88. The molecule has 3 heterocycles. The minimum atomic E-state index is 0.974. The van der Waals surface area contributed by atoms with Gasteiger partial charge in [-0.3, -0.25) is 4.57 Å². The molecule has 0 aliphatic carbocycles. The van der Waals surface area contributed by atoms with E-state index in [4.69, 9.17) is 4.98 Å². The van der Waals surface area contributed by atoms with Crippen LogP contribution < -0.4 is 0 Å². The van der Waals surface area contributed by atoms with E-state index in [1.165, 1.54) is 54.8 Å². The Morgan fingerprint density at radius 3 is 2.14 bits per heavy atom. The van der Waals surface area contributed by atoms with Gasteiger partial charge in [0.05, 0.1) is 16.6 Å². The summed E-state index contributed by atoms with van der Waals surface area (Å²) >= 11 is 0.